The highest BCUT2D eigenvalue weighted by molar-refractivity contribution is 5.57. The number of hydrogen-bond donors (Lipinski definition) is 2. The molecule has 0 fully saturated rings. The summed E-state index contributed by atoms with van der Waals surface area (Å²) >= 11 is 0. The van der Waals surface area contributed by atoms with Gasteiger partial charge in [0.2, 0.25) is 11.6 Å². The number of ether oxygens (including phenoxy) is 2. The topological polar surface area (TPSA) is 112 Å². The van der Waals surface area contributed by atoms with Gasteiger partial charge in [-0.05, 0) is 0 Å². The third-order valence-corrected chi connectivity index (χ3v) is 1.11. The molecule has 0 unspecified atom stereocenters. The van der Waals surface area contributed by atoms with Crippen LogP contribution < -0.4 is 0 Å². The molecule has 0 atom stereocenters. The summed E-state index contributed by atoms with van der Waals surface area (Å²) in [4.78, 5) is 29.7. The van der Waals surface area contributed by atoms with Gasteiger partial charge in [-0.2, -0.15) is 9.78 Å². The molecule has 94 valence electrons. The predicted molar refractivity (Wildman–Crippen MR) is 48.5 cm³/mol. The average Bonchev–Trinajstić information content (AvgIpc) is 1.96. The lowest BCUT2D eigenvalue weighted by atomic mass is 10.4. The second-order valence-corrected chi connectivity index (χ2v) is 3.70. The SMILES string of the molecule is CC(C)(OOC(C)(C)OC(=O)O)OC(=O)O. The Bertz CT molecular complexity index is 241. The first-order valence-corrected chi connectivity index (χ1v) is 4.25. The Morgan fingerprint density at radius 3 is 1.25 bits per heavy atom. The smallest absolute Gasteiger partial charge is 0.450 e. The van der Waals surface area contributed by atoms with Crippen molar-refractivity contribution < 1.29 is 39.1 Å². The Labute approximate surface area is 91.6 Å². The Kier molecular flexibility index (Phi) is 4.51. The van der Waals surface area contributed by atoms with Gasteiger partial charge in [0.15, 0.2) is 0 Å². The van der Waals surface area contributed by atoms with Crippen molar-refractivity contribution in [2.24, 2.45) is 0 Å². The van der Waals surface area contributed by atoms with Gasteiger partial charge in [0, 0.05) is 27.7 Å². The molecule has 0 spiro atoms. The van der Waals surface area contributed by atoms with Crippen LogP contribution in [-0.2, 0) is 19.2 Å². The van der Waals surface area contributed by atoms with E-state index < -0.39 is 23.9 Å². The zero-order chi connectivity index (χ0) is 13.0. The van der Waals surface area contributed by atoms with E-state index in [0.29, 0.717) is 0 Å². The van der Waals surface area contributed by atoms with Gasteiger partial charge in [-0.1, -0.05) is 0 Å². The van der Waals surface area contributed by atoms with Gasteiger partial charge in [0.05, 0.1) is 0 Å². The van der Waals surface area contributed by atoms with Gasteiger partial charge >= 0.3 is 12.3 Å². The lowest BCUT2D eigenvalue weighted by Gasteiger charge is -2.28. The summed E-state index contributed by atoms with van der Waals surface area (Å²) in [5, 5.41) is 16.7. The molecule has 8 heteroatoms. The van der Waals surface area contributed by atoms with Crippen molar-refractivity contribution in [2.45, 2.75) is 39.3 Å². The van der Waals surface area contributed by atoms with Crippen LogP contribution in [0.1, 0.15) is 27.7 Å². The number of carbonyl (C=O) groups is 2. The van der Waals surface area contributed by atoms with Gasteiger partial charge in [-0.25, -0.2) is 9.59 Å². The summed E-state index contributed by atoms with van der Waals surface area (Å²) in [6, 6.07) is 0. The van der Waals surface area contributed by atoms with Gasteiger partial charge in [0.25, 0.3) is 0 Å². The molecule has 2 N–H and O–H groups in total. The Balaban J connectivity index is 4.21. The van der Waals surface area contributed by atoms with Crippen LogP contribution >= 0.6 is 0 Å². The average molecular weight is 238 g/mol. The largest absolute Gasteiger partial charge is 0.508 e. The minimum atomic E-state index is -1.58. The summed E-state index contributed by atoms with van der Waals surface area (Å²) in [6.07, 6.45) is -3.10. The highest BCUT2D eigenvalue weighted by Crippen LogP contribution is 2.19. The lowest BCUT2D eigenvalue weighted by molar-refractivity contribution is -0.476. The fourth-order valence-electron chi connectivity index (χ4n) is 0.655. The number of rotatable bonds is 5. The van der Waals surface area contributed by atoms with Gasteiger partial charge in [0.1, 0.15) is 0 Å². The Morgan fingerprint density at radius 2 is 1.06 bits per heavy atom. The van der Waals surface area contributed by atoms with Gasteiger partial charge < -0.3 is 19.7 Å². The molecule has 0 saturated carbocycles. The van der Waals surface area contributed by atoms with E-state index in [9.17, 15) is 9.59 Å². The van der Waals surface area contributed by atoms with Crippen molar-refractivity contribution in [1.82, 2.24) is 0 Å². The van der Waals surface area contributed by atoms with Crippen LogP contribution in [0.3, 0.4) is 0 Å². The zero-order valence-corrected chi connectivity index (χ0v) is 9.34. The van der Waals surface area contributed by atoms with Crippen LogP contribution in [0.25, 0.3) is 0 Å². The highest BCUT2D eigenvalue weighted by Gasteiger charge is 2.32. The molecule has 0 amide bonds. The molecule has 0 aromatic heterocycles. The summed E-state index contributed by atoms with van der Waals surface area (Å²) in [6.45, 7) is 5.10. The van der Waals surface area contributed by atoms with Crippen LogP contribution in [-0.4, -0.2) is 34.1 Å². The molecule has 0 heterocycles. The maximum Gasteiger partial charge on any atom is 0.508 e. The third kappa shape index (κ3) is 6.85. The van der Waals surface area contributed by atoms with Crippen LogP contribution in [0.5, 0.6) is 0 Å². The monoisotopic (exact) mass is 238 g/mol. The van der Waals surface area contributed by atoms with E-state index in [0.717, 1.165) is 0 Å². The molecule has 0 rings (SSSR count). The van der Waals surface area contributed by atoms with E-state index in [4.69, 9.17) is 10.2 Å². The Morgan fingerprint density at radius 1 is 0.812 bits per heavy atom. The van der Waals surface area contributed by atoms with E-state index in [2.05, 4.69) is 19.2 Å². The van der Waals surface area contributed by atoms with E-state index in [1.165, 1.54) is 27.7 Å². The summed E-state index contributed by atoms with van der Waals surface area (Å²) < 4.78 is 8.61. The Hall–Kier alpha value is -1.54. The zero-order valence-electron chi connectivity index (χ0n) is 9.34. The molecule has 0 aromatic carbocycles. The second-order valence-electron chi connectivity index (χ2n) is 3.70. The highest BCUT2D eigenvalue weighted by atomic mass is 17.3. The first-order chi connectivity index (χ1) is 7.04. The van der Waals surface area contributed by atoms with Gasteiger partial charge in [-0.3, -0.25) is 0 Å². The van der Waals surface area contributed by atoms with Crippen molar-refractivity contribution in [3.8, 4) is 0 Å². The molecule has 0 aliphatic carbocycles. The maximum absolute atomic E-state index is 10.2. The summed E-state index contributed by atoms with van der Waals surface area (Å²) in [5.74, 6) is -3.16. The standard InChI is InChI=1S/C8H14O8/c1-7(2,13-5(9)10)15-16-8(3,4)14-6(11)12/h1-4H3,(H,9,10)(H,11,12). The second kappa shape index (κ2) is 4.99. The predicted octanol–water partition coefficient (Wildman–Crippen LogP) is 1.80. The summed E-state index contributed by atoms with van der Waals surface area (Å²) in [5.41, 5.74) is 0. The molecule has 0 radical (unpaired) electrons. The quantitative estimate of drug-likeness (QED) is 0.322. The van der Waals surface area contributed by atoms with E-state index in [1.807, 2.05) is 0 Å². The molecule has 0 aliphatic heterocycles. The first kappa shape index (κ1) is 14.5. The van der Waals surface area contributed by atoms with Crippen molar-refractivity contribution in [3.63, 3.8) is 0 Å². The van der Waals surface area contributed by atoms with Crippen molar-refractivity contribution in [1.29, 1.82) is 0 Å². The fraction of sp³-hybridized carbons (Fsp3) is 0.750. The maximum atomic E-state index is 10.2. The minimum absolute atomic E-state index is 1.28. The van der Waals surface area contributed by atoms with Crippen molar-refractivity contribution >= 4 is 12.3 Å². The molecule has 8 nitrogen and oxygen atoms in total. The molecule has 0 aromatic rings. The van der Waals surface area contributed by atoms with E-state index in [-0.39, 0.29) is 0 Å². The molecular weight excluding hydrogens is 224 g/mol. The van der Waals surface area contributed by atoms with Crippen molar-refractivity contribution in [3.05, 3.63) is 0 Å². The van der Waals surface area contributed by atoms with E-state index >= 15 is 0 Å². The van der Waals surface area contributed by atoms with Crippen LogP contribution in [0.15, 0.2) is 0 Å². The van der Waals surface area contributed by atoms with E-state index in [1.54, 1.807) is 0 Å². The lowest BCUT2D eigenvalue weighted by Crippen LogP contribution is -2.38. The molecular formula is C8H14O8. The molecule has 0 saturated heterocycles. The molecule has 16 heavy (non-hydrogen) atoms. The number of carboxylic acid groups (broad SMARTS) is 2. The number of hydrogen-bond acceptors (Lipinski definition) is 6. The van der Waals surface area contributed by atoms with Crippen LogP contribution in [0, 0.1) is 0 Å². The van der Waals surface area contributed by atoms with Crippen LogP contribution in [0.4, 0.5) is 9.59 Å². The molecule has 0 aliphatic rings. The normalized spacial score (nSPS) is 12.0. The minimum Gasteiger partial charge on any atom is -0.450 e. The summed E-state index contributed by atoms with van der Waals surface area (Å²) in [7, 11) is 0. The molecule has 0 bridgehead atoms. The first-order valence-electron chi connectivity index (χ1n) is 4.25. The van der Waals surface area contributed by atoms with Gasteiger partial charge in [-0.15, -0.1) is 0 Å². The van der Waals surface area contributed by atoms with Crippen molar-refractivity contribution in [2.75, 3.05) is 0 Å². The fourth-order valence-corrected chi connectivity index (χ4v) is 0.655. The third-order valence-electron chi connectivity index (χ3n) is 1.11. The van der Waals surface area contributed by atoms with Crippen LogP contribution in [0.2, 0.25) is 0 Å².